The van der Waals surface area contributed by atoms with Gasteiger partial charge in [-0.05, 0) is 26.3 Å². The molecule has 0 saturated carbocycles. The average molecular weight is 368 g/mol. The number of rotatable bonds is 3. The van der Waals surface area contributed by atoms with Gasteiger partial charge in [0.05, 0.1) is 5.69 Å². The van der Waals surface area contributed by atoms with Gasteiger partial charge in [0.15, 0.2) is 0 Å². The third-order valence-corrected chi connectivity index (χ3v) is 6.56. The summed E-state index contributed by atoms with van der Waals surface area (Å²) in [6.07, 6.45) is 3.50. The number of amides is 1. The van der Waals surface area contributed by atoms with E-state index >= 15 is 0 Å². The van der Waals surface area contributed by atoms with E-state index in [0.717, 1.165) is 68.4 Å². The Morgan fingerprint density at radius 1 is 1.16 bits per heavy atom. The van der Waals surface area contributed by atoms with Crippen molar-refractivity contribution in [3.8, 4) is 0 Å². The van der Waals surface area contributed by atoms with Crippen molar-refractivity contribution >= 4 is 17.5 Å². The van der Waals surface area contributed by atoms with Crippen LogP contribution < -0.4 is 0 Å². The Labute approximate surface area is 155 Å². The Balaban J connectivity index is 1.78. The first kappa shape index (κ1) is 18.7. The third kappa shape index (κ3) is 3.57. The molecule has 1 aromatic rings. The Morgan fingerprint density at radius 2 is 1.92 bits per heavy atom. The molecular formula is C18H30ClN5O. The highest BCUT2D eigenvalue weighted by molar-refractivity contribution is 6.30. The Hall–Kier alpha value is -1.11. The molecule has 2 fully saturated rings. The second-order valence-electron chi connectivity index (χ2n) is 7.62. The van der Waals surface area contributed by atoms with Crippen LogP contribution in [0.25, 0.3) is 0 Å². The number of halogens is 1. The highest BCUT2D eigenvalue weighted by atomic mass is 35.5. The standard InChI is InChI=1S/C18H30ClN5O/c1-5-15-14(17(19)23(4)20-15)12-24-11-10-22(3)18(13-24)7-6-16(25)21(2)9-8-18/h5-13H2,1-4H3/t18-/m1/s1. The molecule has 2 aliphatic rings. The smallest absolute Gasteiger partial charge is 0.222 e. The zero-order valence-electron chi connectivity index (χ0n) is 15.9. The van der Waals surface area contributed by atoms with E-state index in [0.29, 0.717) is 6.42 Å². The molecule has 2 saturated heterocycles. The van der Waals surface area contributed by atoms with E-state index < -0.39 is 0 Å². The summed E-state index contributed by atoms with van der Waals surface area (Å²) in [5, 5.41) is 5.29. The maximum absolute atomic E-state index is 12.1. The van der Waals surface area contributed by atoms with Crippen molar-refractivity contribution in [1.29, 1.82) is 0 Å². The number of piperazine rings is 1. The predicted molar refractivity (Wildman–Crippen MR) is 99.7 cm³/mol. The van der Waals surface area contributed by atoms with Crippen LogP contribution in [0.5, 0.6) is 0 Å². The molecule has 2 aliphatic heterocycles. The second kappa shape index (κ2) is 7.25. The normalized spacial score (nSPS) is 26.4. The first-order valence-corrected chi connectivity index (χ1v) is 9.62. The molecule has 6 nitrogen and oxygen atoms in total. The van der Waals surface area contributed by atoms with Gasteiger partial charge in [0.1, 0.15) is 5.15 Å². The molecule has 1 spiro atoms. The van der Waals surface area contributed by atoms with Crippen molar-refractivity contribution in [3.05, 3.63) is 16.4 Å². The fraction of sp³-hybridized carbons (Fsp3) is 0.778. The zero-order valence-corrected chi connectivity index (χ0v) is 16.6. The SMILES string of the molecule is CCc1nn(C)c(Cl)c1CN1CCN(C)[C@@]2(CCC(=O)N(C)CC2)C1. The maximum Gasteiger partial charge on any atom is 0.222 e. The fourth-order valence-electron chi connectivity index (χ4n) is 4.24. The lowest BCUT2D eigenvalue weighted by Crippen LogP contribution is -2.60. The first-order valence-electron chi connectivity index (χ1n) is 9.24. The van der Waals surface area contributed by atoms with E-state index in [9.17, 15) is 4.79 Å². The lowest BCUT2D eigenvalue weighted by atomic mass is 9.86. The highest BCUT2D eigenvalue weighted by Crippen LogP contribution is 2.33. The van der Waals surface area contributed by atoms with E-state index in [-0.39, 0.29) is 11.4 Å². The number of likely N-dealkylation sites (tertiary alicyclic amines) is 1. The van der Waals surface area contributed by atoms with Gasteiger partial charge in [0, 0.05) is 64.3 Å². The minimum absolute atomic E-state index is 0.0831. The van der Waals surface area contributed by atoms with Gasteiger partial charge in [0.25, 0.3) is 0 Å². The van der Waals surface area contributed by atoms with Crippen LogP contribution in [0.15, 0.2) is 0 Å². The molecular weight excluding hydrogens is 338 g/mol. The number of carbonyl (C=O) groups excluding carboxylic acids is 1. The molecule has 140 valence electrons. The Morgan fingerprint density at radius 3 is 2.64 bits per heavy atom. The van der Waals surface area contributed by atoms with Gasteiger partial charge in [-0.3, -0.25) is 19.3 Å². The maximum atomic E-state index is 12.1. The summed E-state index contributed by atoms with van der Waals surface area (Å²) in [7, 11) is 6.04. The second-order valence-corrected chi connectivity index (χ2v) is 7.97. The van der Waals surface area contributed by atoms with Crippen molar-refractivity contribution in [2.75, 3.05) is 40.3 Å². The van der Waals surface area contributed by atoms with Gasteiger partial charge in [-0.25, -0.2) is 0 Å². The summed E-state index contributed by atoms with van der Waals surface area (Å²) in [6.45, 7) is 6.84. The van der Waals surface area contributed by atoms with Crippen LogP contribution in [0.4, 0.5) is 0 Å². The minimum Gasteiger partial charge on any atom is -0.346 e. The summed E-state index contributed by atoms with van der Waals surface area (Å²) in [6, 6.07) is 0. The molecule has 1 amide bonds. The topological polar surface area (TPSA) is 44.6 Å². The van der Waals surface area contributed by atoms with Crippen molar-refractivity contribution in [1.82, 2.24) is 24.5 Å². The predicted octanol–water partition coefficient (Wildman–Crippen LogP) is 1.76. The third-order valence-electron chi connectivity index (χ3n) is 6.09. The molecule has 0 radical (unpaired) electrons. The first-order chi connectivity index (χ1) is 11.9. The summed E-state index contributed by atoms with van der Waals surface area (Å²) in [5.74, 6) is 0.269. The van der Waals surface area contributed by atoms with Crippen LogP contribution >= 0.6 is 11.6 Å². The van der Waals surface area contributed by atoms with Crippen molar-refractivity contribution in [2.45, 2.75) is 44.7 Å². The van der Waals surface area contributed by atoms with Gasteiger partial charge in [-0.1, -0.05) is 18.5 Å². The van der Waals surface area contributed by atoms with Crippen LogP contribution in [0, 0.1) is 0 Å². The largest absolute Gasteiger partial charge is 0.346 e. The fourth-order valence-corrected chi connectivity index (χ4v) is 4.45. The molecule has 3 rings (SSSR count). The molecule has 0 aromatic carbocycles. The summed E-state index contributed by atoms with van der Waals surface area (Å²) < 4.78 is 1.78. The van der Waals surface area contributed by atoms with Crippen LogP contribution in [-0.4, -0.2) is 76.2 Å². The molecule has 3 heterocycles. The van der Waals surface area contributed by atoms with Crippen molar-refractivity contribution in [3.63, 3.8) is 0 Å². The average Bonchev–Trinajstić information content (AvgIpc) is 2.78. The molecule has 1 aromatic heterocycles. The number of hydrogen-bond acceptors (Lipinski definition) is 4. The van der Waals surface area contributed by atoms with E-state index in [2.05, 4.69) is 28.9 Å². The van der Waals surface area contributed by atoms with Crippen LogP contribution in [-0.2, 0) is 24.8 Å². The summed E-state index contributed by atoms with van der Waals surface area (Å²) >= 11 is 6.49. The quantitative estimate of drug-likeness (QED) is 0.816. The molecule has 7 heteroatoms. The summed E-state index contributed by atoms with van der Waals surface area (Å²) in [5.41, 5.74) is 2.34. The lowest BCUT2D eigenvalue weighted by Gasteiger charge is -2.49. The monoisotopic (exact) mass is 367 g/mol. The van der Waals surface area contributed by atoms with Crippen LogP contribution in [0.1, 0.15) is 37.4 Å². The van der Waals surface area contributed by atoms with Crippen molar-refractivity contribution in [2.24, 2.45) is 7.05 Å². The molecule has 0 unspecified atom stereocenters. The summed E-state index contributed by atoms with van der Waals surface area (Å²) in [4.78, 5) is 19.0. The number of likely N-dealkylation sites (N-methyl/N-ethyl adjacent to an activating group) is 1. The minimum atomic E-state index is 0.0831. The highest BCUT2D eigenvalue weighted by Gasteiger charge is 2.42. The molecule has 0 aliphatic carbocycles. The van der Waals surface area contributed by atoms with Gasteiger partial charge in [0.2, 0.25) is 5.91 Å². The van der Waals surface area contributed by atoms with Crippen molar-refractivity contribution < 1.29 is 4.79 Å². The Kier molecular flexibility index (Phi) is 5.42. The molecule has 1 atom stereocenters. The molecule has 25 heavy (non-hydrogen) atoms. The molecule has 0 bridgehead atoms. The van der Waals surface area contributed by atoms with E-state index in [4.69, 9.17) is 11.6 Å². The van der Waals surface area contributed by atoms with Gasteiger partial charge in [-0.2, -0.15) is 5.10 Å². The Bertz CT molecular complexity index is 646. The van der Waals surface area contributed by atoms with E-state index in [1.807, 2.05) is 19.0 Å². The number of aromatic nitrogens is 2. The van der Waals surface area contributed by atoms with E-state index in [1.54, 1.807) is 4.68 Å². The number of hydrogen-bond donors (Lipinski definition) is 0. The van der Waals surface area contributed by atoms with Crippen LogP contribution in [0.2, 0.25) is 5.15 Å². The van der Waals surface area contributed by atoms with Crippen LogP contribution in [0.3, 0.4) is 0 Å². The van der Waals surface area contributed by atoms with Gasteiger partial charge >= 0.3 is 0 Å². The number of aryl methyl sites for hydroxylation is 2. The number of carbonyl (C=O) groups is 1. The van der Waals surface area contributed by atoms with E-state index in [1.165, 1.54) is 0 Å². The molecule has 0 N–H and O–H groups in total. The zero-order chi connectivity index (χ0) is 18.2. The van der Waals surface area contributed by atoms with Gasteiger partial charge in [-0.15, -0.1) is 0 Å². The van der Waals surface area contributed by atoms with Gasteiger partial charge < -0.3 is 4.90 Å². The number of nitrogens with zero attached hydrogens (tertiary/aromatic N) is 5. The lowest BCUT2D eigenvalue weighted by molar-refractivity contribution is -0.129.